The zero-order chi connectivity index (χ0) is 20.1. The van der Waals surface area contributed by atoms with Crippen molar-refractivity contribution in [2.24, 2.45) is 0 Å². The van der Waals surface area contributed by atoms with E-state index >= 15 is 0 Å². The minimum Gasteiger partial charge on any atom is -0.487 e. The molecular weight excluding hydrogens is 362 g/mol. The lowest BCUT2D eigenvalue weighted by Crippen LogP contribution is -2.35. The highest BCUT2D eigenvalue weighted by Crippen LogP contribution is 2.39. The Kier molecular flexibility index (Phi) is 5.80. The fourth-order valence-corrected chi connectivity index (χ4v) is 3.69. The highest BCUT2D eigenvalue weighted by atomic mass is 16.5. The number of aryl methyl sites for hydroxylation is 1. The number of hydrogen-bond acceptors (Lipinski definition) is 3. The molecule has 0 spiro atoms. The van der Waals surface area contributed by atoms with Gasteiger partial charge in [-0.25, -0.2) is 4.79 Å². The summed E-state index contributed by atoms with van der Waals surface area (Å²) in [6.45, 7) is 2.89. The summed E-state index contributed by atoms with van der Waals surface area (Å²) in [5, 5.41) is 2.83. The van der Waals surface area contributed by atoms with Gasteiger partial charge in [-0.15, -0.1) is 0 Å². The third-order valence-corrected chi connectivity index (χ3v) is 5.20. The molecule has 1 unspecified atom stereocenters. The van der Waals surface area contributed by atoms with E-state index in [-0.39, 0.29) is 6.10 Å². The van der Waals surface area contributed by atoms with E-state index in [9.17, 15) is 4.79 Å². The first-order chi connectivity index (χ1) is 14.2. The zero-order valence-corrected chi connectivity index (χ0v) is 16.6. The van der Waals surface area contributed by atoms with Crippen molar-refractivity contribution in [1.29, 1.82) is 0 Å². The van der Waals surface area contributed by atoms with Gasteiger partial charge in [0, 0.05) is 18.4 Å². The molecule has 0 fully saturated rings. The summed E-state index contributed by atoms with van der Waals surface area (Å²) in [5.74, 6) is 0.922. The summed E-state index contributed by atoms with van der Waals surface area (Å²) in [7, 11) is 0. The van der Waals surface area contributed by atoms with Crippen LogP contribution in [0.5, 0.6) is 5.75 Å². The Morgan fingerprint density at radius 1 is 1.00 bits per heavy atom. The van der Waals surface area contributed by atoms with Crippen LogP contribution >= 0.6 is 0 Å². The van der Waals surface area contributed by atoms with Crippen molar-refractivity contribution in [3.05, 3.63) is 89.5 Å². The Labute approximate surface area is 171 Å². The van der Waals surface area contributed by atoms with Gasteiger partial charge in [0.05, 0.1) is 13.2 Å². The van der Waals surface area contributed by atoms with Gasteiger partial charge >= 0.3 is 6.09 Å². The van der Waals surface area contributed by atoms with Crippen LogP contribution < -0.4 is 10.1 Å². The molecule has 4 rings (SSSR count). The third kappa shape index (κ3) is 4.60. The van der Waals surface area contributed by atoms with Gasteiger partial charge < -0.3 is 14.8 Å². The predicted octanol–water partition coefficient (Wildman–Crippen LogP) is 4.93. The molecular formula is C25H25NO3. The minimum atomic E-state index is -0.403. The van der Waals surface area contributed by atoms with E-state index in [4.69, 9.17) is 9.47 Å². The molecule has 3 aromatic carbocycles. The fourth-order valence-electron chi connectivity index (χ4n) is 3.69. The summed E-state index contributed by atoms with van der Waals surface area (Å²) in [4.78, 5) is 12.0. The smallest absolute Gasteiger partial charge is 0.407 e. The quantitative estimate of drug-likeness (QED) is 0.652. The van der Waals surface area contributed by atoms with Crippen LogP contribution in [0.25, 0.3) is 11.1 Å². The molecule has 0 aromatic heterocycles. The number of benzene rings is 3. The number of carbonyl (C=O) groups is 1. The van der Waals surface area contributed by atoms with E-state index in [0.29, 0.717) is 19.6 Å². The molecule has 1 aliphatic heterocycles. The van der Waals surface area contributed by atoms with E-state index in [1.165, 1.54) is 16.7 Å². The molecule has 4 heteroatoms. The van der Waals surface area contributed by atoms with Crippen molar-refractivity contribution in [1.82, 2.24) is 5.32 Å². The largest absolute Gasteiger partial charge is 0.487 e. The Morgan fingerprint density at radius 2 is 1.76 bits per heavy atom. The molecule has 1 amide bonds. The zero-order valence-electron chi connectivity index (χ0n) is 16.6. The Hall–Kier alpha value is -3.27. The highest BCUT2D eigenvalue weighted by molar-refractivity contribution is 5.75. The van der Waals surface area contributed by atoms with Crippen LogP contribution in [0.15, 0.2) is 72.8 Å². The number of ether oxygens (including phenoxy) is 2. The molecule has 0 aliphatic carbocycles. The molecule has 1 atom stereocenters. The second-order valence-corrected chi connectivity index (χ2v) is 7.31. The van der Waals surface area contributed by atoms with Crippen LogP contribution in [0.4, 0.5) is 4.79 Å². The first-order valence-corrected chi connectivity index (χ1v) is 10.00. The van der Waals surface area contributed by atoms with Crippen molar-refractivity contribution in [3.63, 3.8) is 0 Å². The maximum Gasteiger partial charge on any atom is 0.407 e. The van der Waals surface area contributed by atoms with Gasteiger partial charge in [-0.3, -0.25) is 0 Å². The van der Waals surface area contributed by atoms with E-state index in [1.54, 1.807) is 0 Å². The molecule has 0 saturated heterocycles. The Bertz CT molecular complexity index is 984. The van der Waals surface area contributed by atoms with Crippen molar-refractivity contribution < 1.29 is 14.3 Å². The number of nitrogens with one attached hydrogen (secondary N) is 1. The number of fused-ring (bicyclic) bond motifs is 1. The second kappa shape index (κ2) is 8.82. The number of rotatable bonds is 6. The number of amides is 1. The molecule has 4 nitrogen and oxygen atoms in total. The first kappa shape index (κ1) is 19.1. The lowest BCUT2D eigenvalue weighted by atomic mass is 9.97. The summed E-state index contributed by atoms with van der Waals surface area (Å²) in [6.07, 6.45) is 0.995. The van der Waals surface area contributed by atoms with Crippen LogP contribution in [-0.2, 0) is 17.6 Å². The molecule has 3 aromatic rings. The van der Waals surface area contributed by atoms with Gasteiger partial charge in [0.15, 0.2) is 0 Å². The second-order valence-electron chi connectivity index (χ2n) is 7.31. The van der Waals surface area contributed by atoms with Gasteiger partial charge in [0.25, 0.3) is 0 Å². The monoisotopic (exact) mass is 387 g/mol. The highest BCUT2D eigenvalue weighted by Gasteiger charge is 2.26. The van der Waals surface area contributed by atoms with Gasteiger partial charge in [-0.1, -0.05) is 72.8 Å². The average molecular weight is 387 g/mol. The van der Waals surface area contributed by atoms with E-state index in [0.717, 1.165) is 23.3 Å². The van der Waals surface area contributed by atoms with E-state index in [1.807, 2.05) is 42.5 Å². The lowest BCUT2D eigenvalue weighted by molar-refractivity contribution is 0.140. The molecule has 1 heterocycles. The van der Waals surface area contributed by atoms with Crippen molar-refractivity contribution in [2.45, 2.75) is 25.9 Å². The van der Waals surface area contributed by atoms with Crippen LogP contribution in [0.1, 0.15) is 16.7 Å². The normalized spacial score (nSPS) is 14.7. The third-order valence-electron chi connectivity index (χ3n) is 5.20. The molecule has 1 aliphatic rings. The van der Waals surface area contributed by atoms with Crippen molar-refractivity contribution in [3.8, 4) is 16.9 Å². The van der Waals surface area contributed by atoms with Gasteiger partial charge in [-0.2, -0.15) is 0 Å². The summed E-state index contributed by atoms with van der Waals surface area (Å²) >= 11 is 0. The number of alkyl carbamates (subject to hydrolysis) is 1. The van der Waals surface area contributed by atoms with Crippen molar-refractivity contribution >= 4 is 6.09 Å². The first-order valence-electron chi connectivity index (χ1n) is 10.00. The van der Waals surface area contributed by atoms with Crippen molar-refractivity contribution in [2.75, 3.05) is 13.2 Å². The van der Waals surface area contributed by atoms with E-state index in [2.05, 4.69) is 42.6 Å². The summed E-state index contributed by atoms with van der Waals surface area (Å²) < 4.78 is 11.5. The summed E-state index contributed by atoms with van der Waals surface area (Å²) in [5.41, 5.74) is 5.83. The lowest BCUT2D eigenvalue weighted by Gasteiger charge is -2.14. The van der Waals surface area contributed by atoms with Gasteiger partial charge in [0.2, 0.25) is 0 Å². The SMILES string of the molecule is Cc1ccccc1-c1cccc2c1OC(CNC(=O)OCCc1ccccc1)C2. The number of hydrogen-bond donors (Lipinski definition) is 1. The number of para-hydroxylation sites is 1. The van der Waals surface area contributed by atoms with Crippen LogP contribution in [-0.4, -0.2) is 25.3 Å². The Balaban J connectivity index is 1.30. The molecule has 1 N–H and O–H groups in total. The predicted molar refractivity (Wildman–Crippen MR) is 114 cm³/mol. The summed E-state index contributed by atoms with van der Waals surface area (Å²) in [6, 6.07) is 24.5. The maximum atomic E-state index is 12.0. The average Bonchev–Trinajstić information content (AvgIpc) is 3.17. The maximum absolute atomic E-state index is 12.0. The fraction of sp³-hybridized carbons (Fsp3) is 0.240. The standard InChI is InChI=1S/C25H25NO3/c1-18-8-5-6-12-22(18)23-13-7-11-20-16-21(29-24(20)23)17-26-25(27)28-15-14-19-9-3-2-4-10-19/h2-13,21H,14-17H2,1H3,(H,26,27). The topological polar surface area (TPSA) is 47.6 Å². The Morgan fingerprint density at radius 3 is 2.59 bits per heavy atom. The van der Waals surface area contributed by atoms with Gasteiger partial charge in [0.1, 0.15) is 11.9 Å². The molecule has 29 heavy (non-hydrogen) atoms. The molecule has 0 radical (unpaired) electrons. The van der Waals surface area contributed by atoms with Crippen LogP contribution in [0.2, 0.25) is 0 Å². The van der Waals surface area contributed by atoms with E-state index < -0.39 is 6.09 Å². The van der Waals surface area contributed by atoms with Crippen LogP contribution in [0.3, 0.4) is 0 Å². The van der Waals surface area contributed by atoms with Crippen LogP contribution in [0, 0.1) is 6.92 Å². The van der Waals surface area contributed by atoms with Gasteiger partial charge in [-0.05, 0) is 29.2 Å². The molecule has 0 bridgehead atoms. The number of carbonyl (C=O) groups excluding carboxylic acids is 1. The minimum absolute atomic E-state index is 0.0863. The molecule has 148 valence electrons. The molecule has 0 saturated carbocycles.